The van der Waals surface area contributed by atoms with E-state index in [1.165, 1.54) is 0 Å². The van der Waals surface area contributed by atoms with E-state index in [2.05, 4.69) is 0 Å². The Labute approximate surface area is 42.3 Å². The highest BCUT2D eigenvalue weighted by atomic mass is 19.1. The molecule has 0 aromatic heterocycles. The molecule has 1 unspecified atom stereocenters. The molecule has 7 heavy (non-hydrogen) atoms. The fraction of sp³-hybridized carbons (Fsp3) is 0.333. The summed E-state index contributed by atoms with van der Waals surface area (Å²) in [4.78, 5) is 0. The molecule has 1 aliphatic rings. The van der Waals surface area contributed by atoms with Crippen LogP contribution in [0.4, 0.5) is 4.39 Å². The molecule has 0 aromatic carbocycles. The maximum atomic E-state index is 12.0. The minimum absolute atomic E-state index is 0.552. The monoisotopic (exact) mass is 98.1 g/mol. The zero-order valence-corrected chi connectivity index (χ0v) is 3.97. The van der Waals surface area contributed by atoms with E-state index < -0.39 is 6.17 Å². The van der Waals surface area contributed by atoms with Crippen LogP contribution >= 0.6 is 0 Å². The van der Waals surface area contributed by atoms with Gasteiger partial charge in [0.1, 0.15) is 6.17 Å². The average Bonchev–Trinajstić information content (AvgIpc) is 1.69. The van der Waals surface area contributed by atoms with Crippen molar-refractivity contribution in [1.82, 2.24) is 0 Å². The van der Waals surface area contributed by atoms with Gasteiger partial charge in [0.25, 0.3) is 0 Å². The maximum absolute atomic E-state index is 12.0. The first-order valence-electron chi connectivity index (χ1n) is 2.37. The first-order valence-corrected chi connectivity index (χ1v) is 2.37. The highest BCUT2D eigenvalue weighted by molar-refractivity contribution is 5.11. The van der Waals surface area contributed by atoms with Crippen molar-refractivity contribution in [3.05, 3.63) is 24.3 Å². The Hall–Kier alpha value is -0.590. The number of rotatable bonds is 0. The Morgan fingerprint density at radius 1 is 1.43 bits per heavy atom. The molecule has 0 aliphatic heterocycles. The summed E-state index contributed by atoms with van der Waals surface area (Å²) < 4.78 is 12.0. The van der Waals surface area contributed by atoms with Crippen LogP contribution in [0.25, 0.3) is 0 Å². The highest BCUT2D eigenvalue weighted by Gasteiger charge is 1.97. The second-order valence-electron chi connectivity index (χ2n) is 1.56. The minimum Gasteiger partial charge on any atom is -0.243 e. The van der Waals surface area contributed by atoms with Crippen LogP contribution in [0.3, 0.4) is 0 Å². The van der Waals surface area contributed by atoms with E-state index in [1.54, 1.807) is 12.2 Å². The fourth-order valence-corrected chi connectivity index (χ4v) is 0.550. The lowest BCUT2D eigenvalue weighted by atomic mass is 10.2. The SMILES string of the molecule is FC1C=CC=CC1. The summed E-state index contributed by atoms with van der Waals surface area (Å²) in [6.45, 7) is 0. The van der Waals surface area contributed by atoms with Crippen LogP contribution in [0.5, 0.6) is 0 Å². The van der Waals surface area contributed by atoms with Crippen molar-refractivity contribution in [1.29, 1.82) is 0 Å². The van der Waals surface area contributed by atoms with Crippen molar-refractivity contribution < 1.29 is 4.39 Å². The van der Waals surface area contributed by atoms with E-state index in [-0.39, 0.29) is 0 Å². The van der Waals surface area contributed by atoms with Gasteiger partial charge in [-0.1, -0.05) is 24.3 Å². The number of alkyl halides is 1. The molecule has 0 nitrogen and oxygen atoms in total. The van der Waals surface area contributed by atoms with E-state index in [1.807, 2.05) is 12.2 Å². The molecule has 1 aliphatic carbocycles. The summed E-state index contributed by atoms with van der Waals surface area (Å²) in [6.07, 6.45) is 6.79. The molecule has 0 amide bonds. The second kappa shape index (κ2) is 1.92. The second-order valence-corrected chi connectivity index (χ2v) is 1.56. The normalized spacial score (nSPS) is 28.4. The molecule has 0 radical (unpaired) electrons. The van der Waals surface area contributed by atoms with Crippen molar-refractivity contribution in [2.24, 2.45) is 0 Å². The van der Waals surface area contributed by atoms with Gasteiger partial charge >= 0.3 is 0 Å². The highest BCUT2D eigenvalue weighted by Crippen LogP contribution is 2.05. The van der Waals surface area contributed by atoms with Crippen molar-refractivity contribution in [2.75, 3.05) is 0 Å². The molecule has 0 spiro atoms. The molecule has 0 bridgehead atoms. The maximum Gasteiger partial charge on any atom is 0.122 e. The van der Waals surface area contributed by atoms with Gasteiger partial charge < -0.3 is 0 Å². The van der Waals surface area contributed by atoms with Gasteiger partial charge in [0.05, 0.1) is 0 Å². The summed E-state index contributed by atoms with van der Waals surface area (Å²) in [5, 5.41) is 0. The van der Waals surface area contributed by atoms with Gasteiger partial charge in [-0.2, -0.15) is 0 Å². The third-order valence-electron chi connectivity index (χ3n) is 0.928. The average molecular weight is 98.1 g/mol. The lowest BCUT2D eigenvalue weighted by molar-refractivity contribution is 0.401. The molecule has 0 fully saturated rings. The van der Waals surface area contributed by atoms with Crippen molar-refractivity contribution in [2.45, 2.75) is 12.6 Å². The quantitative estimate of drug-likeness (QED) is 0.433. The van der Waals surface area contributed by atoms with Crippen LogP contribution in [0.15, 0.2) is 24.3 Å². The van der Waals surface area contributed by atoms with Crippen LogP contribution in [-0.2, 0) is 0 Å². The van der Waals surface area contributed by atoms with Crippen molar-refractivity contribution >= 4 is 0 Å². The molecule has 0 saturated heterocycles. The number of hydrogen-bond donors (Lipinski definition) is 0. The smallest absolute Gasteiger partial charge is 0.122 e. The summed E-state index contributed by atoms with van der Waals surface area (Å²) in [5.41, 5.74) is 0. The van der Waals surface area contributed by atoms with E-state index in [9.17, 15) is 4.39 Å². The molecule has 1 atom stereocenters. The van der Waals surface area contributed by atoms with Crippen LogP contribution < -0.4 is 0 Å². The molecule has 0 aromatic rings. The molecule has 1 rings (SSSR count). The standard InChI is InChI=1S/C6H7F/c7-6-4-2-1-3-5-6/h1-4,6H,5H2. The summed E-state index contributed by atoms with van der Waals surface area (Å²) in [6, 6.07) is 0. The van der Waals surface area contributed by atoms with Gasteiger partial charge in [0.15, 0.2) is 0 Å². The van der Waals surface area contributed by atoms with E-state index in [0.717, 1.165) is 0 Å². The first-order chi connectivity index (χ1) is 3.39. The topological polar surface area (TPSA) is 0 Å². The summed E-state index contributed by atoms with van der Waals surface area (Å²) >= 11 is 0. The zero-order chi connectivity index (χ0) is 5.11. The Morgan fingerprint density at radius 3 is 2.57 bits per heavy atom. The number of hydrogen-bond acceptors (Lipinski definition) is 0. The third-order valence-corrected chi connectivity index (χ3v) is 0.928. The lowest BCUT2D eigenvalue weighted by Crippen LogP contribution is -1.93. The lowest BCUT2D eigenvalue weighted by Gasteiger charge is -1.98. The van der Waals surface area contributed by atoms with Crippen molar-refractivity contribution in [3.63, 3.8) is 0 Å². The largest absolute Gasteiger partial charge is 0.243 e. The molecule has 0 heterocycles. The van der Waals surface area contributed by atoms with Gasteiger partial charge in [-0.05, 0) is 0 Å². The minimum atomic E-state index is -0.731. The van der Waals surface area contributed by atoms with Gasteiger partial charge in [-0.15, -0.1) is 0 Å². The first kappa shape index (κ1) is 4.57. The Bertz CT molecular complexity index is 103. The third kappa shape index (κ3) is 1.15. The van der Waals surface area contributed by atoms with E-state index in [0.29, 0.717) is 6.42 Å². The predicted octanol–water partition coefficient (Wildman–Crippen LogP) is 1.84. The van der Waals surface area contributed by atoms with Gasteiger partial charge in [-0.3, -0.25) is 0 Å². The van der Waals surface area contributed by atoms with Gasteiger partial charge in [-0.25, -0.2) is 4.39 Å². The Morgan fingerprint density at radius 2 is 2.29 bits per heavy atom. The Balaban J connectivity index is 2.49. The number of allylic oxidation sites excluding steroid dienone is 4. The van der Waals surface area contributed by atoms with E-state index >= 15 is 0 Å². The molecule has 0 N–H and O–H groups in total. The molecule has 1 heteroatoms. The van der Waals surface area contributed by atoms with Gasteiger partial charge in [0, 0.05) is 6.42 Å². The van der Waals surface area contributed by atoms with E-state index in [4.69, 9.17) is 0 Å². The fourth-order valence-electron chi connectivity index (χ4n) is 0.550. The summed E-state index contributed by atoms with van der Waals surface area (Å²) in [5.74, 6) is 0. The summed E-state index contributed by atoms with van der Waals surface area (Å²) in [7, 11) is 0. The Kier molecular flexibility index (Phi) is 1.25. The van der Waals surface area contributed by atoms with Gasteiger partial charge in [0.2, 0.25) is 0 Å². The van der Waals surface area contributed by atoms with Crippen LogP contribution in [-0.4, -0.2) is 6.17 Å². The van der Waals surface area contributed by atoms with Crippen LogP contribution in [0.1, 0.15) is 6.42 Å². The van der Waals surface area contributed by atoms with Crippen molar-refractivity contribution in [3.8, 4) is 0 Å². The molecule has 0 saturated carbocycles. The molecular formula is C6H7F. The zero-order valence-electron chi connectivity index (χ0n) is 3.97. The molecular weight excluding hydrogens is 91.1 g/mol. The van der Waals surface area contributed by atoms with Crippen LogP contribution in [0, 0.1) is 0 Å². The van der Waals surface area contributed by atoms with Crippen LogP contribution in [0.2, 0.25) is 0 Å². The molecule has 38 valence electrons. The number of halogens is 1. The predicted molar refractivity (Wildman–Crippen MR) is 27.8 cm³/mol.